The van der Waals surface area contributed by atoms with Gasteiger partial charge < -0.3 is 18.9 Å². The van der Waals surface area contributed by atoms with Gasteiger partial charge in [-0.2, -0.15) is 0 Å². The lowest BCUT2D eigenvalue weighted by molar-refractivity contribution is -0.144. The summed E-state index contributed by atoms with van der Waals surface area (Å²) >= 11 is 0. The topological polar surface area (TPSA) is 97.4 Å². The van der Waals surface area contributed by atoms with Gasteiger partial charge in [-0.1, -0.05) is 48.5 Å². The summed E-state index contributed by atoms with van der Waals surface area (Å²) in [5.74, 6) is -0.0163. The summed E-state index contributed by atoms with van der Waals surface area (Å²) in [6.07, 6.45) is -0.138. The van der Waals surface area contributed by atoms with E-state index in [-0.39, 0.29) is 25.5 Å². The largest absolute Gasteiger partial charge is 0.465 e. The summed E-state index contributed by atoms with van der Waals surface area (Å²) < 4.78 is 30.0. The normalized spacial score (nSPS) is 16.7. The van der Waals surface area contributed by atoms with Gasteiger partial charge in [-0.25, -0.2) is 9.88 Å². The molecule has 0 aromatic heterocycles. The first-order chi connectivity index (χ1) is 16.9. The molecule has 35 heavy (non-hydrogen) atoms. The minimum atomic E-state index is -3.42. The molecule has 2 aromatic carbocycles. The Labute approximate surface area is 206 Å². The van der Waals surface area contributed by atoms with Crippen LogP contribution < -0.4 is 9.61 Å². The van der Waals surface area contributed by atoms with E-state index in [9.17, 15) is 14.2 Å². The summed E-state index contributed by atoms with van der Waals surface area (Å²) in [6, 6.07) is 17.7. The van der Waals surface area contributed by atoms with E-state index < -0.39 is 19.5 Å². The predicted octanol–water partition coefficient (Wildman–Crippen LogP) is 3.75. The number of ether oxygens (including phenoxy) is 2. The van der Waals surface area contributed by atoms with Crippen molar-refractivity contribution in [1.29, 1.82) is 0 Å². The molecular weight excluding hydrogens is 469 g/mol. The third-order valence-corrected chi connectivity index (χ3v) is 7.65. The quantitative estimate of drug-likeness (QED) is 0.366. The van der Waals surface area contributed by atoms with Crippen molar-refractivity contribution in [3.05, 3.63) is 66.2 Å². The molecule has 2 aromatic rings. The maximum absolute atomic E-state index is 13.7. The molecule has 1 N–H and O–H groups in total. The average molecular weight is 504 g/mol. The van der Waals surface area contributed by atoms with Crippen molar-refractivity contribution in [2.45, 2.75) is 26.5 Å². The zero-order chi connectivity index (χ0) is 25.1. The van der Waals surface area contributed by atoms with Gasteiger partial charge in [-0.05, 0) is 31.5 Å². The highest BCUT2D eigenvalue weighted by molar-refractivity contribution is 7.57. The third-order valence-electron chi connectivity index (χ3n) is 5.57. The van der Waals surface area contributed by atoms with Crippen LogP contribution in [-0.2, 0) is 25.4 Å². The fourth-order valence-electron chi connectivity index (χ4n) is 3.64. The number of hydrogen-bond donors (Lipinski definition) is 1. The molecule has 190 valence electrons. The van der Waals surface area contributed by atoms with Crippen LogP contribution in [0.1, 0.15) is 19.4 Å². The van der Waals surface area contributed by atoms with E-state index >= 15 is 0 Å². The molecule has 9 nitrogen and oxygen atoms in total. The molecule has 1 aliphatic rings. The summed E-state index contributed by atoms with van der Waals surface area (Å²) in [5, 5.41) is 2.87. The van der Waals surface area contributed by atoms with Crippen LogP contribution in [-0.4, -0.2) is 73.4 Å². The molecule has 1 heterocycles. The maximum atomic E-state index is 13.7. The molecule has 1 saturated heterocycles. The number of rotatable bonds is 11. The molecule has 0 saturated carbocycles. The number of nitrogens with zero attached hydrogens (tertiary/aromatic N) is 2. The van der Waals surface area contributed by atoms with E-state index in [1.165, 1.54) is 0 Å². The van der Waals surface area contributed by atoms with Crippen LogP contribution >= 0.6 is 7.52 Å². The molecular formula is C25H34N3O6P. The van der Waals surface area contributed by atoms with Crippen molar-refractivity contribution < 1.29 is 28.2 Å². The zero-order valence-corrected chi connectivity index (χ0v) is 21.2. The number of piperazine rings is 1. The fraction of sp³-hybridized carbons (Fsp3) is 0.440. The van der Waals surface area contributed by atoms with Gasteiger partial charge in [-0.3, -0.25) is 14.3 Å². The number of carbonyl (C=O) groups excluding carboxylic acids is 2. The highest BCUT2D eigenvalue weighted by atomic mass is 31.2. The number of hydrogen-bond acceptors (Lipinski definition) is 7. The maximum Gasteiger partial charge on any atom is 0.410 e. The molecule has 0 aliphatic carbocycles. The standard InChI is InChI=1S/C25H34N3O6P/c1-3-32-24(29)21(2)26-35(31,34-23-12-8-5-9-13-23)19-18-27-14-16-28(17-15-27)25(30)33-20-22-10-6-4-7-11-22/h4-13,21H,3,14-20H2,1-2H3,(H,26,31)/t21-,35?/m0/s1. The zero-order valence-electron chi connectivity index (χ0n) is 20.3. The Hall–Kier alpha value is -2.87. The van der Waals surface area contributed by atoms with Crippen LogP contribution in [0.3, 0.4) is 0 Å². The first-order valence-corrected chi connectivity index (χ1v) is 13.7. The first-order valence-electron chi connectivity index (χ1n) is 11.8. The van der Waals surface area contributed by atoms with E-state index in [1.807, 2.05) is 36.4 Å². The summed E-state index contributed by atoms with van der Waals surface area (Å²) in [7, 11) is -3.42. The predicted molar refractivity (Wildman–Crippen MR) is 133 cm³/mol. The second-order valence-corrected chi connectivity index (χ2v) is 10.5. The van der Waals surface area contributed by atoms with Gasteiger partial charge >= 0.3 is 19.6 Å². The third kappa shape index (κ3) is 8.69. The second-order valence-electron chi connectivity index (χ2n) is 8.27. The summed E-state index contributed by atoms with van der Waals surface area (Å²) in [4.78, 5) is 28.3. The first kappa shape index (κ1) is 26.7. The van der Waals surface area contributed by atoms with Crippen LogP contribution in [0, 0.1) is 0 Å². The molecule has 1 unspecified atom stereocenters. The van der Waals surface area contributed by atoms with E-state index in [4.69, 9.17) is 14.0 Å². The van der Waals surface area contributed by atoms with Crippen molar-refractivity contribution in [3.63, 3.8) is 0 Å². The molecule has 2 atom stereocenters. The molecule has 0 radical (unpaired) electrons. The van der Waals surface area contributed by atoms with E-state index in [0.29, 0.717) is 38.5 Å². The van der Waals surface area contributed by atoms with Crippen molar-refractivity contribution in [2.24, 2.45) is 0 Å². The Bertz CT molecular complexity index is 983. The molecule has 3 rings (SSSR count). The number of para-hydroxylation sites is 1. The lowest BCUT2D eigenvalue weighted by Gasteiger charge is -2.34. The van der Waals surface area contributed by atoms with Crippen LogP contribution in [0.4, 0.5) is 4.79 Å². The molecule has 1 aliphatic heterocycles. The molecule has 1 fully saturated rings. The van der Waals surface area contributed by atoms with Crippen LogP contribution in [0.2, 0.25) is 0 Å². The highest BCUT2D eigenvalue weighted by Crippen LogP contribution is 2.43. The minimum Gasteiger partial charge on any atom is -0.465 e. The SMILES string of the molecule is CCOC(=O)[C@H](C)NP(=O)(CCN1CCN(C(=O)OCc2ccccc2)CC1)Oc1ccccc1. The Balaban J connectivity index is 1.51. The number of amides is 1. The van der Waals surface area contributed by atoms with Crippen molar-refractivity contribution in [1.82, 2.24) is 14.9 Å². The van der Waals surface area contributed by atoms with Crippen molar-refractivity contribution in [3.8, 4) is 5.75 Å². The Kier molecular flexibility index (Phi) is 10.1. The van der Waals surface area contributed by atoms with Gasteiger partial charge in [0.1, 0.15) is 18.4 Å². The molecule has 1 amide bonds. The summed E-state index contributed by atoms with van der Waals surface area (Å²) in [6.45, 7) is 6.59. The van der Waals surface area contributed by atoms with Gasteiger partial charge in [0.05, 0.1) is 12.8 Å². The highest BCUT2D eigenvalue weighted by Gasteiger charge is 2.32. The van der Waals surface area contributed by atoms with Crippen LogP contribution in [0.25, 0.3) is 0 Å². The van der Waals surface area contributed by atoms with Crippen molar-refractivity contribution >= 4 is 19.6 Å². The average Bonchev–Trinajstić information content (AvgIpc) is 2.87. The van der Waals surface area contributed by atoms with Crippen LogP contribution in [0.5, 0.6) is 5.75 Å². The van der Waals surface area contributed by atoms with E-state index in [1.54, 1.807) is 43.0 Å². The van der Waals surface area contributed by atoms with Gasteiger partial charge in [0, 0.05) is 32.7 Å². The molecule has 0 spiro atoms. The smallest absolute Gasteiger partial charge is 0.410 e. The Morgan fingerprint density at radius 3 is 2.23 bits per heavy atom. The van der Waals surface area contributed by atoms with Gasteiger partial charge in [0.25, 0.3) is 0 Å². The van der Waals surface area contributed by atoms with Crippen LogP contribution in [0.15, 0.2) is 60.7 Å². The lowest BCUT2D eigenvalue weighted by atomic mass is 10.2. The van der Waals surface area contributed by atoms with Gasteiger partial charge in [-0.15, -0.1) is 0 Å². The summed E-state index contributed by atoms with van der Waals surface area (Å²) in [5.41, 5.74) is 0.943. The Morgan fingerprint density at radius 2 is 1.60 bits per heavy atom. The monoisotopic (exact) mass is 503 g/mol. The molecule has 10 heteroatoms. The van der Waals surface area contributed by atoms with E-state index in [2.05, 4.69) is 9.99 Å². The Morgan fingerprint density at radius 1 is 0.971 bits per heavy atom. The number of carbonyl (C=O) groups is 2. The molecule has 0 bridgehead atoms. The van der Waals surface area contributed by atoms with Crippen molar-refractivity contribution in [2.75, 3.05) is 45.5 Å². The number of nitrogens with one attached hydrogen (secondary N) is 1. The van der Waals surface area contributed by atoms with Gasteiger partial charge in [0.2, 0.25) is 0 Å². The van der Waals surface area contributed by atoms with Gasteiger partial charge in [0.15, 0.2) is 0 Å². The lowest BCUT2D eigenvalue weighted by Crippen LogP contribution is -2.49. The number of esters is 1. The fourth-order valence-corrected chi connectivity index (χ4v) is 5.62. The van der Waals surface area contributed by atoms with E-state index in [0.717, 1.165) is 5.56 Å². The minimum absolute atomic E-state index is 0.199. The second kappa shape index (κ2) is 13.3. The number of benzene rings is 2.